The van der Waals surface area contributed by atoms with E-state index in [-0.39, 0.29) is 18.2 Å². The van der Waals surface area contributed by atoms with Crippen molar-refractivity contribution in [3.63, 3.8) is 0 Å². The van der Waals surface area contributed by atoms with Crippen molar-refractivity contribution < 1.29 is 14.1 Å². The van der Waals surface area contributed by atoms with Gasteiger partial charge in [-0.05, 0) is 0 Å². The van der Waals surface area contributed by atoms with Crippen LogP contribution in [-0.4, -0.2) is 24.7 Å². The molecule has 0 aliphatic heterocycles. The van der Waals surface area contributed by atoms with Crippen LogP contribution < -0.4 is 0 Å². The number of ether oxygens (including phenoxy) is 1. The number of aromatic nitrogens is 1. The number of Topliss-reactive ketones (excluding diaryl/α,β-unsaturated/α-hetero) is 1. The van der Waals surface area contributed by atoms with Gasteiger partial charge in [0.15, 0.2) is 0 Å². The van der Waals surface area contributed by atoms with E-state index in [9.17, 15) is 4.79 Å². The molecule has 0 aliphatic rings. The highest BCUT2D eigenvalue weighted by Gasteiger charge is 2.13. The van der Waals surface area contributed by atoms with Crippen LogP contribution in [0.4, 0.5) is 0 Å². The van der Waals surface area contributed by atoms with Crippen molar-refractivity contribution in [1.29, 1.82) is 0 Å². The number of rotatable bonds is 4. The lowest BCUT2D eigenvalue weighted by Gasteiger charge is -1.92. The molecule has 82 valence electrons. The van der Waals surface area contributed by atoms with E-state index in [1.54, 1.807) is 6.07 Å². The molecule has 1 heterocycles. The minimum Gasteiger partial charge on any atom is -0.376 e. The lowest BCUT2D eigenvalue weighted by Crippen LogP contribution is -2.05. The summed E-state index contributed by atoms with van der Waals surface area (Å²) in [6.45, 7) is 0.00340. The van der Waals surface area contributed by atoms with Gasteiger partial charge in [-0.2, -0.15) is 0 Å². The van der Waals surface area contributed by atoms with Crippen LogP contribution in [0.25, 0.3) is 11.3 Å². The van der Waals surface area contributed by atoms with E-state index in [2.05, 4.69) is 5.16 Å². The first kappa shape index (κ1) is 10.6. The number of hydrogen-bond acceptors (Lipinski definition) is 4. The van der Waals surface area contributed by atoms with Gasteiger partial charge in [-0.15, -0.1) is 0 Å². The predicted octanol–water partition coefficient (Wildman–Crippen LogP) is 2.17. The Bertz CT molecular complexity index is 476. The maximum atomic E-state index is 11.4. The smallest absolute Gasteiger partial charge is 0.226 e. The highest BCUT2D eigenvalue weighted by molar-refractivity contribution is 5.95. The molecular formula is C12H11NO3. The number of carbonyl (C=O) groups excluding carboxylic acids is 1. The summed E-state index contributed by atoms with van der Waals surface area (Å²) in [7, 11) is 1.46. The first-order valence-corrected chi connectivity index (χ1v) is 4.85. The molecule has 0 radical (unpaired) electrons. The predicted molar refractivity (Wildman–Crippen MR) is 58.1 cm³/mol. The summed E-state index contributed by atoms with van der Waals surface area (Å²) < 4.78 is 9.69. The van der Waals surface area contributed by atoms with Crippen molar-refractivity contribution in [1.82, 2.24) is 5.16 Å². The van der Waals surface area contributed by atoms with Crippen LogP contribution in [0.2, 0.25) is 0 Å². The zero-order valence-corrected chi connectivity index (χ0v) is 8.84. The van der Waals surface area contributed by atoms with Crippen molar-refractivity contribution in [2.24, 2.45) is 0 Å². The molecule has 16 heavy (non-hydrogen) atoms. The lowest BCUT2D eigenvalue weighted by molar-refractivity contribution is 0.0811. The fourth-order valence-corrected chi connectivity index (χ4v) is 1.35. The number of carbonyl (C=O) groups is 1. The third-order valence-electron chi connectivity index (χ3n) is 2.13. The van der Waals surface area contributed by atoms with Crippen molar-refractivity contribution >= 4 is 5.78 Å². The highest BCUT2D eigenvalue weighted by Crippen LogP contribution is 2.18. The molecule has 4 nitrogen and oxygen atoms in total. The van der Waals surface area contributed by atoms with Gasteiger partial charge >= 0.3 is 0 Å². The van der Waals surface area contributed by atoms with Crippen molar-refractivity contribution in [2.75, 3.05) is 13.7 Å². The summed E-state index contributed by atoms with van der Waals surface area (Å²) in [5.74, 6) is 0.0119. The van der Waals surface area contributed by atoms with Crippen LogP contribution in [0.1, 0.15) is 10.6 Å². The fourth-order valence-electron chi connectivity index (χ4n) is 1.35. The molecule has 0 fully saturated rings. The third kappa shape index (κ3) is 2.17. The van der Waals surface area contributed by atoms with Gasteiger partial charge in [-0.3, -0.25) is 4.79 Å². The molecule has 1 aromatic heterocycles. The molecule has 1 aromatic carbocycles. The van der Waals surface area contributed by atoms with Crippen LogP contribution in [0, 0.1) is 0 Å². The SMILES string of the molecule is COCC(=O)c1cc(-c2ccccc2)no1. The van der Waals surface area contributed by atoms with Gasteiger partial charge in [0.05, 0.1) is 0 Å². The Morgan fingerprint density at radius 3 is 2.81 bits per heavy atom. The van der Waals surface area contributed by atoms with Gasteiger partial charge in [0, 0.05) is 18.7 Å². The van der Waals surface area contributed by atoms with Crippen molar-refractivity contribution in [3.8, 4) is 11.3 Å². The molecule has 0 unspecified atom stereocenters. The second-order valence-electron chi connectivity index (χ2n) is 3.30. The second-order valence-corrected chi connectivity index (χ2v) is 3.30. The Morgan fingerprint density at radius 1 is 1.38 bits per heavy atom. The minimum absolute atomic E-state index is 0.00340. The molecular weight excluding hydrogens is 206 g/mol. The van der Waals surface area contributed by atoms with Crippen molar-refractivity contribution in [2.45, 2.75) is 0 Å². The van der Waals surface area contributed by atoms with Gasteiger partial charge in [-0.1, -0.05) is 35.5 Å². The number of nitrogens with zero attached hydrogens (tertiary/aromatic N) is 1. The number of ketones is 1. The van der Waals surface area contributed by atoms with Crippen LogP contribution >= 0.6 is 0 Å². The summed E-state index contributed by atoms with van der Waals surface area (Å²) in [5, 5.41) is 3.84. The zero-order valence-electron chi connectivity index (χ0n) is 8.84. The Labute approximate surface area is 92.8 Å². The number of hydrogen-bond donors (Lipinski definition) is 0. The molecule has 4 heteroatoms. The van der Waals surface area contributed by atoms with Gasteiger partial charge < -0.3 is 9.26 Å². The van der Waals surface area contributed by atoms with E-state index in [0.717, 1.165) is 5.56 Å². The van der Waals surface area contributed by atoms with Crippen LogP contribution in [-0.2, 0) is 4.74 Å². The monoisotopic (exact) mass is 217 g/mol. The van der Waals surface area contributed by atoms with Crippen LogP contribution in [0.3, 0.4) is 0 Å². The quantitative estimate of drug-likeness (QED) is 0.736. The fraction of sp³-hybridized carbons (Fsp3) is 0.167. The Kier molecular flexibility index (Phi) is 3.12. The summed E-state index contributed by atoms with van der Waals surface area (Å²) in [6, 6.07) is 11.2. The molecule has 0 atom stereocenters. The summed E-state index contributed by atoms with van der Waals surface area (Å²) >= 11 is 0. The van der Waals surface area contributed by atoms with E-state index in [1.165, 1.54) is 7.11 Å². The Balaban J connectivity index is 2.23. The maximum absolute atomic E-state index is 11.4. The largest absolute Gasteiger partial charge is 0.376 e. The summed E-state index contributed by atoms with van der Waals surface area (Å²) in [6.07, 6.45) is 0. The average molecular weight is 217 g/mol. The Morgan fingerprint density at radius 2 is 2.12 bits per heavy atom. The maximum Gasteiger partial charge on any atom is 0.226 e. The molecule has 2 rings (SSSR count). The summed E-state index contributed by atoms with van der Waals surface area (Å²) in [5.41, 5.74) is 1.57. The van der Waals surface area contributed by atoms with Gasteiger partial charge in [0.2, 0.25) is 11.5 Å². The van der Waals surface area contributed by atoms with E-state index in [4.69, 9.17) is 9.26 Å². The van der Waals surface area contributed by atoms with Crippen LogP contribution in [0.15, 0.2) is 40.9 Å². The van der Waals surface area contributed by atoms with Gasteiger partial charge in [-0.25, -0.2) is 0 Å². The first-order valence-electron chi connectivity index (χ1n) is 4.85. The van der Waals surface area contributed by atoms with Gasteiger partial charge in [0.25, 0.3) is 0 Å². The third-order valence-corrected chi connectivity index (χ3v) is 2.13. The summed E-state index contributed by atoms with van der Waals surface area (Å²) in [4.78, 5) is 11.4. The molecule has 0 saturated heterocycles. The molecule has 0 aliphatic carbocycles. The number of benzene rings is 1. The van der Waals surface area contributed by atoms with Crippen LogP contribution in [0.5, 0.6) is 0 Å². The highest BCUT2D eigenvalue weighted by atomic mass is 16.5. The normalized spacial score (nSPS) is 10.3. The van der Waals surface area contributed by atoms with E-state index < -0.39 is 0 Å². The molecule has 2 aromatic rings. The van der Waals surface area contributed by atoms with E-state index in [0.29, 0.717) is 5.69 Å². The molecule has 0 N–H and O–H groups in total. The zero-order chi connectivity index (χ0) is 11.4. The van der Waals surface area contributed by atoms with Gasteiger partial charge in [0.1, 0.15) is 12.3 Å². The van der Waals surface area contributed by atoms with E-state index >= 15 is 0 Å². The minimum atomic E-state index is -0.211. The molecule has 0 amide bonds. The van der Waals surface area contributed by atoms with E-state index in [1.807, 2.05) is 30.3 Å². The molecule has 0 bridgehead atoms. The second kappa shape index (κ2) is 4.72. The standard InChI is InChI=1S/C12H11NO3/c1-15-8-11(14)12-7-10(13-16-12)9-5-3-2-4-6-9/h2-7H,8H2,1H3. The topological polar surface area (TPSA) is 52.3 Å². The lowest BCUT2D eigenvalue weighted by atomic mass is 10.1. The first-order chi connectivity index (χ1) is 7.81. The van der Waals surface area contributed by atoms with Crippen molar-refractivity contribution in [3.05, 3.63) is 42.2 Å². The Hall–Kier alpha value is -1.94. The molecule has 0 saturated carbocycles. The average Bonchev–Trinajstić information content (AvgIpc) is 2.80. The molecule has 0 spiro atoms. The number of methoxy groups -OCH3 is 1.